The van der Waals surface area contributed by atoms with Crippen LogP contribution in [0.25, 0.3) is 0 Å². The third-order valence-electron chi connectivity index (χ3n) is 8.56. The lowest BCUT2D eigenvalue weighted by atomic mass is 10.1. The summed E-state index contributed by atoms with van der Waals surface area (Å²) in [6.07, 6.45) is 19.6. The molecule has 0 heterocycles. The first kappa shape index (κ1) is 46.4. The highest BCUT2D eigenvalue weighted by Crippen LogP contribution is 2.29. The van der Waals surface area contributed by atoms with E-state index in [-0.39, 0.29) is 19.6 Å². The Kier molecular flexibility index (Phi) is 25.5. The minimum atomic E-state index is -4.56. The van der Waals surface area contributed by atoms with Crippen molar-refractivity contribution in [3.8, 4) is 18.2 Å². The molecule has 0 radical (unpaired) electrons. The van der Waals surface area contributed by atoms with Gasteiger partial charge in [0.05, 0.1) is 18.2 Å². The Hall–Kier alpha value is -2.58. The second-order valence-electron chi connectivity index (χ2n) is 12.9. The second-order valence-corrected chi connectivity index (χ2v) is 18.1. The van der Waals surface area contributed by atoms with Gasteiger partial charge in [-0.25, -0.2) is 39.4 Å². The number of unbranched alkanes of at least 4 members (excludes halogenated alkanes) is 21. The van der Waals surface area contributed by atoms with Crippen molar-refractivity contribution >= 4 is 30.1 Å². The highest BCUT2D eigenvalue weighted by Gasteiger charge is 2.34. The van der Waals surface area contributed by atoms with Crippen LogP contribution >= 0.6 is 0 Å². The normalized spacial score (nSPS) is 11.9. The molecule has 15 heteroatoms. The Morgan fingerprint density at radius 1 is 0.392 bits per heavy atom. The maximum atomic E-state index is 13.7. The number of hydrogen-bond acceptors (Lipinski definition) is 9. The van der Waals surface area contributed by atoms with Gasteiger partial charge >= 0.3 is 0 Å². The number of nitrogens with one attached hydrogen (secondary N) is 3. The van der Waals surface area contributed by atoms with Crippen molar-refractivity contribution in [2.45, 2.75) is 169 Å². The lowest BCUT2D eigenvalue weighted by Gasteiger charge is -2.17. The van der Waals surface area contributed by atoms with Crippen LogP contribution in [0.2, 0.25) is 0 Å². The standard InChI is InChI=1S/C36H60N6O6S3/c37-28-19-13-7-1-4-10-16-22-31-40-49(43,44)34-26-25-27-35(50(45,46)41-32-23-17-11-5-2-8-14-20-29-38)36(34)51(47,48)42-33-24-18-12-6-3-9-15-21-30-39/h25-27,40-42H,1-24,31-33H2. The van der Waals surface area contributed by atoms with Gasteiger partial charge in [0.15, 0.2) is 0 Å². The lowest BCUT2D eigenvalue weighted by Crippen LogP contribution is -2.33. The summed E-state index contributed by atoms with van der Waals surface area (Å²) in [7, 11) is -13.3. The van der Waals surface area contributed by atoms with Crippen LogP contribution in [-0.4, -0.2) is 44.9 Å². The van der Waals surface area contributed by atoms with Crippen molar-refractivity contribution < 1.29 is 25.3 Å². The van der Waals surface area contributed by atoms with E-state index in [4.69, 9.17) is 15.8 Å². The van der Waals surface area contributed by atoms with Crippen LogP contribution in [0, 0.1) is 34.0 Å². The van der Waals surface area contributed by atoms with Crippen molar-refractivity contribution in [3.05, 3.63) is 18.2 Å². The third-order valence-corrected chi connectivity index (χ3v) is 13.4. The molecule has 0 aliphatic rings. The molecule has 0 saturated carbocycles. The van der Waals surface area contributed by atoms with Gasteiger partial charge in [-0.3, -0.25) is 0 Å². The number of rotatable bonds is 33. The first-order valence-corrected chi connectivity index (χ1v) is 23.2. The van der Waals surface area contributed by atoms with Crippen LogP contribution in [0.4, 0.5) is 0 Å². The quantitative estimate of drug-likeness (QED) is 0.0605. The number of nitrogens with zero attached hydrogens (tertiary/aromatic N) is 3. The minimum Gasteiger partial charge on any atom is -0.211 e. The van der Waals surface area contributed by atoms with E-state index in [1.165, 1.54) is 6.07 Å². The Labute approximate surface area is 308 Å². The van der Waals surface area contributed by atoms with E-state index in [1.807, 2.05) is 0 Å². The van der Waals surface area contributed by atoms with E-state index in [2.05, 4.69) is 32.4 Å². The molecule has 12 nitrogen and oxygen atoms in total. The molecule has 0 aromatic heterocycles. The molecule has 51 heavy (non-hydrogen) atoms. The van der Waals surface area contributed by atoms with Gasteiger partial charge in [-0.05, 0) is 50.7 Å². The molecule has 0 unspecified atom stereocenters. The number of benzene rings is 1. The molecular weight excluding hydrogens is 709 g/mol. The maximum Gasteiger partial charge on any atom is 0.243 e. The molecule has 1 aromatic rings. The van der Waals surface area contributed by atoms with Crippen molar-refractivity contribution in [2.24, 2.45) is 0 Å². The fraction of sp³-hybridized carbons (Fsp3) is 0.750. The van der Waals surface area contributed by atoms with Crippen LogP contribution in [0.5, 0.6) is 0 Å². The third kappa shape index (κ3) is 20.9. The van der Waals surface area contributed by atoms with E-state index < -0.39 is 44.8 Å². The van der Waals surface area contributed by atoms with Crippen molar-refractivity contribution in [1.82, 2.24) is 14.2 Å². The van der Waals surface area contributed by atoms with Gasteiger partial charge in [-0.15, -0.1) is 0 Å². The Morgan fingerprint density at radius 3 is 0.941 bits per heavy atom. The molecule has 0 bridgehead atoms. The molecule has 0 spiro atoms. The molecule has 0 amide bonds. The van der Waals surface area contributed by atoms with Crippen LogP contribution < -0.4 is 14.2 Å². The van der Waals surface area contributed by atoms with Crippen molar-refractivity contribution in [3.63, 3.8) is 0 Å². The smallest absolute Gasteiger partial charge is 0.211 e. The van der Waals surface area contributed by atoms with E-state index in [0.717, 1.165) is 128 Å². The number of sulfonamides is 3. The van der Waals surface area contributed by atoms with Gasteiger partial charge in [0.25, 0.3) is 0 Å². The summed E-state index contributed by atoms with van der Waals surface area (Å²) in [6, 6.07) is 9.89. The topological polar surface area (TPSA) is 210 Å². The molecule has 0 aliphatic heterocycles. The summed E-state index contributed by atoms with van der Waals surface area (Å²) in [5.41, 5.74) is 0. The molecule has 3 N–H and O–H groups in total. The van der Waals surface area contributed by atoms with Crippen LogP contribution in [-0.2, 0) is 30.1 Å². The summed E-state index contributed by atoms with van der Waals surface area (Å²) < 4.78 is 89.0. The zero-order chi connectivity index (χ0) is 37.7. The largest absolute Gasteiger partial charge is 0.243 e. The second kappa shape index (κ2) is 28.0. The lowest BCUT2D eigenvalue weighted by molar-refractivity contribution is 0.545. The summed E-state index contributed by atoms with van der Waals surface area (Å²) in [6.45, 7) is 0.181. The van der Waals surface area contributed by atoms with Crippen LogP contribution in [0.15, 0.2) is 32.9 Å². The average molecular weight is 769 g/mol. The molecule has 0 aliphatic carbocycles. The zero-order valence-electron chi connectivity index (χ0n) is 30.3. The van der Waals surface area contributed by atoms with Gasteiger partial charge in [0, 0.05) is 38.9 Å². The Morgan fingerprint density at radius 2 is 0.647 bits per heavy atom. The van der Waals surface area contributed by atoms with Crippen LogP contribution in [0.1, 0.15) is 154 Å². The van der Waals surface area contributed by atoms with E-state index >= 15 is 0 Å². The summed E-state index contributed by atoms with van der Waals surface area (Å²) in [5, 5.41) is 25.9. The molecule has 288 valence electrons. The highest BCUT2D eigenvalue weighted by atomic mass is 32.2. The van der Waals surface area contributed by atoms with Gasteiger partial charge in [-0.2, -0.15) is 15.8 Å². The Balaban J connectivity index is 2.96. The summed E-state index contributed by atoms with van der Waals surface area (Å²) in [5.74, 6) is 0. The molecule has 0 atom stereocenters. The van der Waals surface area contributed by atoms with Crippen molar-refractivity contribution in [2.75, 3.05) is 19.6 Å². The SMILES string of the molecule is N#CCCCCCCCCCNS(=O)(=O)c1cccc(S(=O)(=O)NCCCCCCCCCC#N)c1S(=O)(=O)NCCCCCCCCCC#N. The fourth-order valence-electron chi connectivity index (χ4n) is 5.67. The van der Waals surface area contributed by atoms with E-state index in [1.54, 1.807) is 0 Å². The van der Waals surface area contributed by atoms with Gasteiger partial charge in [0.2, 0.25) is 30.1 Å². The average Bonchev–Trinajstić information content (AvgIpc) is 3.10. The zero-order valence-corrected chi connectivity index (χ0v) is 32.8. The first-order chi connectivity index (χ1) is 24.5. The van der Waals surface area contributed by atoms with Crippen molar-refractivity contribution in [1.29, 1.82) is 15.8 Å². The fourth-order valence-corrected chi connectivity index (χ4v) is 10.6. The van der Waals surface area contributed by atoms with E-state index in [0.29, 0.717) is 38.5 Å². The predicted molar refractivity (Wildman–Crippen MR) is 200 cm³/mol. The predicted octanol–water partition coefficient (Wildman–Crippen LogP) is 7.45. The maximum absolute atomic E-state index is 13.7. The van der Waals surface area contributed by atoms with Crippen LogP contribution in [0.3, 0.4) is 0 Å². The number of nitriles is 3. The van der Waals surface area contributed by atoms with E-state index in [9.17, 15) is 25.3 Å². The van der Waals surface area contributed by atoms with Gasteiger partial charge in [0.1, 0.15) is 14.7 Å². The van der Waals surface area contributed by atoms with Gasteiger partial charge in [-0.1, -0.05) is 102 Å². The molecule has 1 rings (SSSR count). The molecule has 0 fully saturated rings. The number of hydrogen-bond donors (Lipinski definition) is 3. The van der Waals surface area contributed by atoms with Gasteiger partial charge < -0.3 is 0 Å². The minimum absolute atomic E-state index is 0.0263. The molecule has 1 aromatic carbocycles. The highest BCUT2D eigenvalue weighted by molar-refractivity contribution is 7.94. The Bertz CT molecular complexity index is 1480. The summed E-state index contributed by atoms with van der Waals surface area (Å²) >= 11 is 0. The monoisotopic (exact) mass is 768 g/mol. The molecule has 0 saturated heterocycles. The first-order valence-electron chi connectivity index (χ1n) is 18.8. The summed E-state index contributed by atoms with van der Waals surface area (Å²) in [4.78, 5) is -1.99. The molecular formula is C36H60N6O6S3.